The van der Waals surface area contributed by atoms with E-state index in [1.54, 1.807) is 68.6 Å². The average molecular weight is 536 g/mol. The summed E-state index contributed by atoms with van der Waals surface area (Å²) in [6.07, 6.45) is 1.19. The summed E-state index contributed by atoms with van der Waals surface area (Å²) in [6, 6.07) is 19.5. The van der Waals surface area contributed by atoms with Crippen LogP contribution in [0.4, 0.5) is 11.6 Å². The van der Waals surface area contributed by atoms with E-state index in [0.717, 1.165) is 10.1 Å². The first-order valence-corrected chi connectivity index (χ1v) is 12.4. The fraction of sp³-hybridized carbons (Fsp3) is 0.259. The molecule has 5 rings (SSSR count). The predicted molar refractivity (Wildman–Crippen MR) is 142 cm³/mol. The highest BCUT2D eigenvalue weighted by atomic mass is 35.5. The number of anilines is 2. The van der Waals surface area contributed by atoms with Crippen molar-refractivity contribution in [2.75, 3.05) is 11.9 Å². The van der Waals surface area contributed by atoms with Crippen molar-refractivity contribution < 1.29 is 14.2 Å². The molecule has 2 aromatic carbocycles. The Balaban J connectivity index is 1.44. The van der Waals surface area contributed by atoms with E-state index in [9.17, 15) is 9.59 Å². The van der Waals surface area contributed by atoms with Crippen LogP contribution >= 0.6 is 11.6 Å². The molecule has 10 nitrogen and oxygen atoms in total. The van der Waals surface area contributed by atoms with Crippen molar-refractivity contribution in [2.24, 2.45) is 0 Å². The van der Waals surface area contributed by atoms with E-state index in [0.29, 0.717) is 22.3 Å². The predicted octanol–water partition coefficient (Wildman–Crippen LogP) is 4.19. The van der Waals surface area contributed by atoms with E-state index >= 15 is 0 Å². The summed E-state index contributed by atoms with van der Waals surface area (Å²) in [6.45, 7) is 4.02. The molecule has 2 aromatic heterocycles. The highest BCUT2D eigenvalue weighted by Crippen LogP contribution is 2.24. The molecule has 0 spiro atoms. The quantitative estimate of drug-likeness (QED) is 0.358. The fourth-order valence-electron chi connectivity index (χ4n) is 4.02. The zero-order valence-corrected chi connectivity index (χ0v) is 21.6. The van der Waals surface area contributed by atoms with E-state index < -0.39 is 23.3 Å². The molecule has 1 saturated heterocycles. The SMILES string of the molecule is CC1(C)OC[C@H](Cn2c(=O)nc(Nc3ccc(Oc4ccccn4)cc3)n(Cc3ccc(Cl)cc3)c2=O)O1. The van der Waals surface area contributed by atoms with E-state index in [1.807, 2.05) is 18.2 Å². The topological polar surface area (TPSA) is 110 Å². The molecule has 0 saturated carbocycles. The van der Waals surface area contributed by atoms with Crippen molar-refractivity contribution in [3.8, 4) is 11.6 Å². The second kappa shape index (κ2) is 10.8. The molecule has 0 amide bonds. The lowest BCUT2D eigenvalue weighted by atomic mass is 10.2. The summed E-state index contributed by atoms with van der Waals surface area (Å²) in [7, 11) is 0. The first-order chi connectivity index (χ1) is 18.3. The Bertz CT molecular complexity index is 1520. The molecule has 0 radical (unpaired) electrons. The third-order valence-corrected chi connectivity index (χ3v) is 6.08. The van der Waals surface area contributed by atoms with Crippen LogP contribution in [0.15, 0.2) is 82.5 Å². The average Bonchev–Trinajstić information content (AvgIpc) is 3.25. The van der Waals surface area contributed by atoms with Gasteiger partial charge in [-0.05, 0) is 61.9 Å². The Morgan fingerprint density at radius 1 is 1.05 bits per heavy atom. The molecule has 38 heavy (non-hydrogen) atoms. The van der Waals surface area contributed by atoms with Gasteiger partial charge in [0.2, 0.25) is 11.8 Å². The van der Waals surface area contributed by atoms with Gasteiger partial charge in [-0.15, -0.1) is 0 Å². The molecule has 0 unspecified atom stereocenters. The Labute approximate surface area is 223 Å². The molecule has 1 aliphatic rings. The minimum Gasteiger partial charge on any atom is -0.439 e. The van der Waals surface area contributed by atoms with Crippen LogP contribution in [-0.4, -0.2) is 37.6 Å². The molecular weight excluding hydrogens is 510 g/mol. The normalized spacial score (nSPS) is 16.3. The Morgan fingerprint density at radius 2 is 1.82 bits per heavy atom. The first kappa shape index (κ1) is 25.7. The number of hydrogen-bond donors (Lipinski definition) is 1. The monoisotopic (exact) mass is 535 g/mol. The van der Waals surface area contributed by atoms with Crippen molar-refractivity contribution in [2.45, 2.75) is 38.8 Å². The molecule has 1 fully saturated rings. The maximum atomic E-state index is 13.6. The van der Waals surface area contributed by atoms with Gasteiger partial charge in [-0.2, -0.15) is 4.98 Å². The molecule has 0 bridgehead atoms. The van der Waals surface area contributed by atoms with Gasteiger partial charge >= 0.3 is 11.4 Å². The Hall–Kier alpha value is -3.99. The van der Waals surface area contributed by atoms with Crippen LogP contribution in [0.25, 0.3) is 0 Å². The molecular formula is C27H26ClN5O5. The maximum absolute atomic E-state index is 13.6. The van der Waals surface area contributed by atoms with Crippen LogP contribution in [0.1, 0.15) is 19.4 Å². The van der Waals surface area contributed by atoms with E-state index in [-0.39, 0.29) is 25.6 Å². The second-order valence-corrected chi connectivity index (χ2v) is 9.63. The largest absolute Gasteiger partial charge is 0.439 e. The molecule has 0 aliphatic carbocycles. The minimum atomic E-state index is -0.780. The lowest BCUT2D eigenvalue weighted by molar-refractivity contribution is -0.139. The number of nitrogens with one attached hydrogen (secondary N) is 1. The lowest BCUT2D eigenvalue weighted by Gasteiger charge is -2.19. The molecule has 4 aromatic rings. The van der Waals surface area contributed by atoms with E-state index in [1.165, 1.54) is 4.57 Å². The molecule has 1 N–H and O–H groups in total. The van der Waals surface area contributed by atoms with Gasteiger partial charge in [0.05, 0.1) is 19.7 Å². The van der Waals surface area contributed by atoms with Crippen LogP contribution in [-0.2, 0) is 22.6 Å². The van der Waals surface area contributed by atoms with Gasteiger partial charge in [-0.3, -0.25) is 4.57 Å². The number of halogens is 1. The van der Waals surface area contributed by atoms with Gasteiger partial charge in [0, 0.05) is 23.0 Å². The molecule has 1 aliphatic heterocycles. The van der Waals surface area contributed by atoms with Crippen LogP contribution in [0.5, 0.6) is 11.6 Å². The van der Waals surface area contributed by atoms with Crippen molar-refractivity contribution in [1.82, 2.24) is 19.1 Å². The third-order valence-electron chi connectivity index (χ3n) is 5.83. The van der Waals surface area contributed by atoms with Gasteiger partial charge in [0.1, 0.15) is 11.9 Å². The van der Waals surface area contributed by atoms with E-state index in [4.69, 9.17) is 25.8 Å². The van der Waals surface area contributed by atoms with Gasteiger partial charge in [0.25, 0.3) is 0 Å². The summed E-state index contributed by atoms with van der Waals surface area (Å²) in [5.41, 5.74) is 0.216. The van der Waals surface area contributed by atoms with Crippen LogP contribution in [0.3, 0.4) is 0 Å². The number of rotatable bonds is 8. The zero-order valence-electron chi connectivity index (χ0n) is 20.8. The Morgan fingerprint density at radius 3 is 2.47 bits per heavy atom. The molecule has 1 atom stereocenters. The highest BCUT2D eigenvalue weighted by molar-refractivity contribution is 6.30. The van der Waals surface area contributed by atoms with Crippen molar-refractivity contribution in [3.63, 3.8) is 0 Å². The number of pyridine rings is 1. The summed E-state index contributed by atoms with van der Waals surface area (Å²) >= 11 is 6.03. The van der Waals surface area contributed by atoms with Crippen LogP contribution in [0, 0.1) is 0 Å². The number of ether oxygens (including phenoxy) is 3. The first-order valence-electron chi connectivity index (χ1n) is 12.0. The van der Waals surface area contributed by atoms with Crippen LogP contribution < -0.4 is 21.4 Å². The standard InChI is InChI=1S/C27H26ClN5O5/c1-27(2)36-17-22(38-27)16-33-25(34)31-24(32(26(33)35)15-18-6-8-19(28)9-7-18)30-20-10-12-21(13-11-20)37-23-5-3-4-14-29-23/h3-14,22H,15-17H2,1-2H3,(H,30,31,34)/t22-/m0/s1. The smallest absolute Gasteiger partial charge is 0.355 e. The maximum Gasteiger partial charge on any atom is 0.355 e. The Kier molecular flexibility index (Phi) is 7.28. The molecule has 196 valence electrons. The van der Waals surface area contributed by atoms with Gasteiger partial charge in [0.15, 0.2) is 5.79 Å². The summed E-state index contributed by atoms with van der Waals surface area (Å²) in [4.78, 5) is 34.9. The summed E-state index contributed by atoms with van der Waals surface area (Å²) in [5, 5.41) is 3.68. The minimum absolute atomic E-state index is 0.0224. The fourth-order valence-corrected chi connectivity index (χ4v) is 4.14. The third kappa shape index (κ3) is 6.10. The van der Waals surface area contributed by atoms with Gasteiger partial charge in [-0.25, -0.2) is 19.1 Å². The number of aromatic nitrogens is 4. The number of benzene rings is 2. The highest BCUT2D eigenvalue weighted by Gasteiger charge is 2.33. The number of nitrogens with zero attached hydrogens (tertiary/aromatic N) is 4. The molecule has 11 heteroatoms. The lowest BCUT2D eigenvalue weighted by Crippen LogP contribution is -2.45. The van der Waals surface area contributed by atoms with Gasteiger partial charge < -0.3 is 19.5 Å². The van der Waals surface area contributed by atoms with Crippen LogP contribution in [0.2, 0.25) is 5.02 Å². The summed E-state index contributed by atoms with van der Waals surface area (Å²) in [5.74, 6) is 0.375. The summed E-state index contributed by atoms with van der Waals surface area (Å²) < 4.78 is 19.6. The second-order valence-electron chi connectivity index (χ2n) is 9.19. The van der Waals surface area contributed by atoms with Gasteiger partial charge in [-0.1, -0.05) is 29.8 Å². The van der Waals surface area contributed by atoms with Crippen molar-refractivity contribution >= 4 is 23.2 Å². The molecule has 3 heterocycles. The van der Waals surface area contributed by atoms with E-state index in [2.05, 4.69) is 15.3 Å². The zero-order chi connectivity index (χ0) is 26.7. The van der Waals surface area contributed by atoms with Crippen molar-refractivity contribution in [1.29, 1.82) is 0 Å². The number of hydrogen-bond acceptors (Lipinski definition) is 8. The van der Waals surface area contributed by atoms with Crippen molar-refractivity contribution in [3.05, 3.63) is 104 Å².